The van der Waals surface area contributed by atoms with Crippen LogP contribution in [0.25, 0.3) is 22.5 Å². The van der Waals surface area contributed by atoms with E-state index in [1.165, 1.54) is 23.8 Å². The molecule has 0 radical (unpaired) electrons. The van der Waals surface area contributed by atoms with Crippen LogP contribution in [0, 0.1) is 7.43 Å². The molecule has 2 aromatic heterocycles. The van der Waals surface area contributed by atoms with Gasteiger partial charge in [0.15, 0.2) is 0 Å². The number of pyridine rings is 2. The van der Waals surface area contributed by atoms with Crippen molar-refractivity contribution in [1.82, 2.24) is 9.97 Å². The molecule has 0 bridgehead atoms. The molecular weight excluding hydrogens is 501 g/mol. The predicted molar refractivity (Wildman–Crippen MR) is 135 cm³/mol. The molecular formula is C28H27BrMgN2O2. The Morgan fingerprint density at radius 2 is 1.32 bits per heavy atom. The normalized spacial score (nSPS) is 11.6. The molecule has 0 aliphatic heterocycles. The minimum absolute atomic E-state index is 0. The van der Waals surface area contributed by atoms with E-state index in [0.717, 1.165) is 11.3 Å². The maximum Gasteiger partial charge on any atom is 2.00 e. The predicted octanol–water partition coefficient (Wildman–Crippen LogP) is 3.00. The number of aromatic nitrogens is 2. The summed E-state index contributed by atoms with van der Waals surface area (Å²) in [6.07, 6.45) is 3.53. The van der Waals surface area contributed by atoms with E-state index in [-0.39, 0.29) is 58.8 Å². The van der Waals surface area contributed by atoms with Crippen LogP contribution in [0.15, 0.2) is 91.3 Å². The van der Waals surface area contributed by atoms with Crippen molar-refractivity contribution in [2.75, 3.05) is 7.11 Å². The zero-order valence-electron chi connectivity index (χ0n) is 20.0. The third kappa shape index (κ3) is 5.74. The summed E-state index contributed by atoms with van der Waals surface area (Å²) in [6, 6.07) is 25.7. The molecule has 34 heavy (non-hydrogen) atoms. The maximum atomic E-state index is 11.5. The molecule has 0 saturated carbocycles. The summed E-state index contributed by atoms with van der Waals surface area (Å²) >= 11 is 0. The molecule has 0 fully saturated rings. The Bertz CT molecular complexity index is 1180. The molecule has 0 saturated heterocycles. The number of fused-ring (bicyclic) bond motifs is 3. The first-order valence-electron chi connectivity index (χ1n) is 10.2. The summed E-state index contributed by atoms with van der Waals surface area (Å²) in [5, 5.41) is 0. The average Bonchev–Trinajstić information content (AvgIpc) is 3.07. The SMILES string of the molecule is CC1(C)c2ccccc2-c2ncccc21.COC(=O)c1cccnc1-c1ccccc1.[Br-].[CH3-].[Mg+2]. The fourth-order valence-corrected chi connectivity index (χ4v) is 4.01. The van der Waals surface area contributed by atoms with Gasteiger partial charge in [-0.05, 0) is 29.3 Å². The molecule has 0 N–H and O–H groups in total. The molecule has 1 aliphatic rings. The van der Waals surface area contributed by atoms with Crippen LogP contribution in [0.5, 0.6) is 0 Å². The van der Waals surface area contributed by atoms with Crippen LogP contribution in [0.4, 0.5) is 0 Å². The van der Waals surface area contributed by atoms with Crippen molar-refractivity contribution >= 4 is 29.0 Å². The second-order valence-electron chi connectivity index (χ2n) is 7.83. The first kappa shape index (κ1) is 29.5. The molecule has 2 aromatic carbocycles. The number of halogens is 1. The second kappa shape index (κ2) is 12.8. The number of hydrogen-bond donors (Lipinski definition) is 0. The Morgan fingerprint density at radius 3 is 2.00 bits per heavy atom. The molecule has 0 atom stereocenters. The van der Waals surface area contributed by atoms with Crippen LogP contribution in [0.3, 0.4) is 0 Å². The first-order chi connectivity index (χ1) is 15.0. The largest absolute Gasteiger partial charge is 2.00 e. The van der Waals surface area contributed by atoms with Gasteiger partial charge in [0.1, 0.15) is 0 Å². The monoisotopic (exact) mass is 526 g/mol. The Morgan fingerprint density at radius 1 is 0.765 bits per heavy atom. The van der Waals surface area contributed by atoms with Crippen molar-refractivity contribution in [3.8, 4) is 22.5 Å². The fourth-order valence-electron chi connectivity index (χ4n) is 4.01. The molecule has 0 unspecified atom stereocenters. The summed E-state index contributed by atoms with van der Waals surface area (Å²) in [4.78, 5) is 20.3. The standard InChI is InChI=1S/C14H13N.C13H11NO2.CH3.BrH.Mg/c1-14(2)11-7-4-3-6-10(11)13-12(14)8-5-9-15-13;1-16-13(15)11-8-5-9-14-12(11)10-6-3-2-4-7-10;;;/h3-9H,1-2H3;2-9H,1H3;1H3;1H;/q;;-1;;+2/p-1. The van der Waals surface area contributed by atoms with E-state index in [1.807, 2.05) is 42.6 Å². The minimum Gasteiger partial charge on any atom is -1.00 e. The van der Waals surface area contributed by atoms with Gasteiger partial charge in [-0.1, -0.05) is 74.5 Å². The third-order valence-electron chi connectivity index (χ3n) is 5.60. The van der Waals surface area contributed by atoms with Gasteiger partial charge >= 0.3 is 29.0 Å². The molecule has 5 rings (SSSR count). The van der Waals surface area contributed by atoms with Gasteiger partial charge in [-0.15, -0.1) is 0 Å². The number of rotatable bonds is 2. The first-order valence-corrected chi connectivity index (χ1v) is 10.2. The summed E-state index contributed by atoms with van der Waals surface area (Å²) < 4.78 is 4.72. The van der Waals surface area contributed by atoms with Crippen molar-refractivity contribution in [2.45, 2.75) is 19.3 Å². The van der Waals surface area contributed by atoms with E-state index in [9.17, 15) is 4.79 Å². The zero-order chi connectivity index (χ0) is 21.8. The van der Waals surface area contributed by atoms with E-state index in [4.69, 9.17) is 4.74 Å². The second-order valence-corrected chi connectivity index (χ2v) is 7.83. The number of nitrogens with zero attached hydrogens (tertiary/aromatic N) is 2. The summed E-state index contributed by atoms with van der Waals surface area (Å²) in [5.41, 5.74) is 7.30. The van der Waals surface area contributed by atoms with Gasteiger partial charge in [-0.2, -0.15) is 0 Å². The van der Waals surface area contributed by atoms with Gasteiger partial charge in [0, 0.05) is 28.9 Å². The summed E-state index contributed by atoms with van der Waals surface area (Å²) in [7, 11) is 1.37. The number of carbonyl (C=O) groups is 1. The van der Waals surface area contributed by atoms with Gasteiger partial charge in [0.25, 0.3) is 0 Å². The van der Waals surface area contributed by atoms with Crippen molar-refractivity contribution in [3.63, 3.8) is 0 Å². The summed E-state index contributed by atoms with van der Waals surface area (Å²) in [5.74, 6) is -0.369. The number of ether oxygens (including phenoxy) is 1. The minimum atomic E-state index is -0.369. The van der Waals surface area contributed by atoms with E-state index in [2.05, 4.69) is 54.1 Å². The molecule has 6 heteroatoms. The van der Waals surface area contributed by atoms with Crippen molar-refractivity contribution in [2.24, 2.45) is 0 Å². The van der Waals surface area contributed by atoms with Gasteiger partial charge in [0.05, 0.1) is 24.1 Å². The topological polar surface area (TPSA) is 52.1 Å². The molecule has 0 amide bonds. The van der Waals surface area contributed by atoms with E-state index < -0.39 is 0 Å². The van der Waals surface area contributed by atoms with Crippen LogP contribution >= 0.6 is 0 Å². The fraction of sp³-hybridized carbons (Fsp3) is 0.143. The number of methoxy groups -OCH3 is 1. The van der Waals surface area contributed by atoms with Crippen LogP contribution in [-0.2, 0) is 10.2 Å². The maximum absolute atomic E-state index is 11.5. The van der Waals surface area contributed by atoms with Crippen LogP contribution in [-0.4, -0.2) is 46.1 Å². The number of carbonyl (C=O) groups excluding carboxylic acids is 1. The summed E-state index contributed by atoms with van der Waals surface area (Å²) in [6.45, 7) is 4.53. The van der Waals surface area contributed by atoms with E-state index in [0.29, 0.717) is 11.3 Å². The molecule has 4 nitrogen and oxygen atoms in total. The van der Waals surface area contributed by atoms with Crippen LogP contribution < -0.4 is 17.0 Å². The van der Waals surface area contributed by atoms with Gasteiger partial charge in [-0.3, -0.25) is 9.97 Å². The van der Waals surface area contributed by atoms with E-state index >= 15 is 0 Å². The Kier molecular flexibility index (Phi) is 11.1. The average molecular weight is 528 g/mol. The molecule has 4 aromatic rings. The zero-order valence-corrected chi connectivity index (χ0v) is 23.0. The third-order valence-corrected chi connectivity index (χ3v) is 5.60. The molecule has 170 valence electrons. The van der Waals surface area contributed by atoms with Crippen LogP contribution in [0.1, 0.15) is 35.3 Å². The number of hydrogen-bond acceptors (Lipinski definition) is 4. The smallest absolute Gasteiger partial charge is 1.00 e. The molecule has 0 spiro atoms. The number of benzene rings is 2. The Labute approximate surface area is 228 Å². The van der Waals surface area contributed by atoms with Crippen molar-refractivity contribution < 1.29 is 26.5 Å². The van der Waals surface area contributed by atoms with Gasteiger partial charge < -0.3 is 29.1 Å². The van der Waals surface area contributed by atoms with Gasteiger partial charge in [0.2, 0.25) is 0 Å². The Balaban J connectivity index is 0.000000313. The van der Waals surface area contributed by atoms with E-state index in [1.54, 1.807) is 18.3 Å². The Hall–Kier alpha value is -2.54. The van der Waals surface area contributed by atoms with Crippen molar-refractivity contribution in [3.05, 3.63) is 115 Å². The number of esters is 1. The van der Waals surface area contributed by atoms with Gasteiger partial charge in [-0.25, -0.2) is 4.79 Å². The van der Waals surface area contributed by atoms with Crippen LogP contribution in [0.2, 0.25) is 0 Å². The molecule has 2 heterocycles. The molecule has 1 aliphatic carbocycles. The van der Waals surface area contributed by atoms with Crippen molar-refractivity contribution in [1.29, 1.82) is 0 Å². The quantitative estimate of drug-likeness (QED) is 0.229.